The number of ether oxygens (including phenoxy) is 5. The largest absolute Gasteiger partial charge is 0.493 e. The van der Waals surface area contributed by atoms with E-state index >= 15 is 0 Å². The molecule has 0 unspecified atom stereocenters. The molecule has 0 radical (unpaired) electrons. The SMILES string of the molecule is COc1ccccc1OCCCn1c(CCCNC(=O)c2cc(OC)c(OC)c(OC)c2)nc2ccccc21. The van der Waals surface area contributed by atoms with E-state index < -0.39 is 0 Å². The monoisotopic (exact) mass is 533 g/mol. The molecular formula is C30H35N3O6. The summed E-state index contributed by atoms with van der Waals surface area (Å²) in [5.74, 6) is 3.55. The molecule has 1 N–H and O–H groups in total. The van der Waals surface area contributed by atoms with Gasteiger partial charge in [-0.1, -0.05) is 24.3 Å². The first kappa shape index (κ1) is 27.6. The Morgan fingerprint density at radius 2 is 1.49 bits per heavy atom. The second-order valence-electron chi connectivity index (χ2n) is 8.79. The zero-order chi connectivity index (χ0) is 27.6. The van der Waals surface area contributed by atoms with Gasteiger partial charge in [-0.25, -0.2) is 4.98 Å². The summed E-state index contributed by atoms with van der Waals surface area (Å²) >= 11 is 0. The lowest BCUT2D eigenvalue weighted by Gasteiger charge is -2.14. The van der Waals surface area contributed by atoms with E-state index in [4.69, 9.17) is 28.7 Å². The summed E-state index contributed by atoms with van der Waals surface area (Å²) in [5.41, 5.74) is 2.48. The Morgan fingerprint density at radius 3 is 2.18 bits per heavy atom. The maximum absolute atomic E-state index is 12.8. The van der Waals surface area contributed by atoms with Crippen molar-refractivity contribution in [3.8, 4) is 28.7 Å². The van der Waals surface area contributed by atoms with Crippen molar-refractivity contribution >= 4 is 16.9 Å². The molecule has 1 aromatic heterocycles. The fraction of sp³-hybridized carbons (Fsp3) is 0.333. The minimum atomic E-state index is -0.212. The quantitative estimate of drug-likeness (QED) is 0.230. The Morgan fingerprint density at radius 1 is 0.821 bits per heavy atom. The summed E-state index contributed by atoms with van der Waals surface area (Å²) in [5, 5.41) is 2.98. The zero-order valence-electron chi connectivity index (χ0n) is 22.9. The number of rotatable bonds is 14. The number of methoxy groups -OCH3 is 4. The van der Waals surface area contributed by atoms with E-state index in [2.05, 4.69) is 16.0 Å². The third-order valence-electron chi connectivity index (χ3n) is 6.38. The third kappa shape index (κ3) is 6.54. The fourth-order valence-electron chi connectivity index (χ4n) is 4.47. The normalized spacial score (nSPS) is 10.8. The lowest BCUT2D eigenvalue weighted by atomic mass is 10.1. The molecule has 0 atom stereocenters. The van der Waals surface area contributed by atoms with Crippen LogP contribution in [0, 0.1) is 0 Å². The number of benzene rings is 3. The number of fused-ring (bicyclic) bond motifs is 1. The number of nitrogens with one attached hydrogen (secondary N) is 1. The number of amides is 1. The van der Waals surface area contributed by atoms with Crippen molar-refractivity contribution in [1.29, 1.82) is 0 Å². The Kier molecular flexibility index (Phi) is 9.50. The van der Waals surface area contributed by atoms with Gasteiger partial charge >= 0.3 is 0 Å². The van der Waals surface area contributed by atoms with Crippen LogP contribution in [0.5, 0.6) is 28.7 Å². The molecule has 0 saturated heterocycles. The highest BCUT2D eigenvalue weighted by molar-refractivity contribution is 5.95. The molecule has 9 heteroatoms. The molecule has 0 fully saturated rings. The van der Waals surface area contributed by atoms with Crippen LogP contribution in [0.1, 0.15) is 29.0 Å². The van der Waals surface area contributed by atoms with Gasteiger partial charge in [-0.05, 0) is 49.2 Å². The highest BCUT2D eigenvalue weighted by Gasteiger charge is 2.17. The second-order valence-corrected chi connectivity index (χ2v) is 8.79. The van der Waals surface area contributed by atoms with Crippen LogP contribution >= 0.6 is 0 Å². The Hall–Kier alpha value is -4.40. The number of carbonyl (C=O) groups is 1. The standard InChI is InChI=1S/C30H35N3O6/c1-35-24-13-7-8-14-25(24)39-18-10-17-33-23-12-6-5-11-22(23)32-28(33)15-9-16-31-30(34)21-19-26(36-2)29(38-4)27(20-21)37-3/h5-8,11-14,19-20H,9-10,15-18H2,1-4H3,(H,31,34). The number of hydrogen-bond acceptors (Lipinski definition) is 7. The van der Waals surface area contributed by atoms with Crippen molar-refractivity contribution in [3.05, 3.63) is 72.1 Å². The van der Waals surface area contributed by atoms with E-state index in [1.54, 1.807) is 19.2 Å². The van der Waals surface area contributed by atoms with E-state index in [9.17, 15) is 4.79 Å². The Balaban J connectivity index is 1.36. The first-order valence-corrected chi connectivity index (χ1v) is 12.9. The summed E-state index contributed by atoms with van der Waals surface area (Å²) in [4.78, 5) is 17.7. The van der Waals surface area contributed by atoms with Crippen molar-refractivity contribution in [2.75, 3.05) is 41.6 Å². The molecule has 1 heterocycles. The summed E-state index contributed by atoms with van der Waals surface area (Å²) in [6.45, 7) is 1.82. The number of nitrogens with zero attached hydrogens (tertiary/aromatic N) is 2. The second kappa shape index (κ2) is 13.4. The van der Waals surface area contributed by atoms with Gasteiger partial charge in [-0.2, -0.15) is 0 Å². The molecule has 0 aliphatic heterocycles. The first-order valence-electron chi connectivity index (χ1n) is 12.9. The van der Waals surface area contributed by atoms with Crippen LogP contribution in [0.2, 0.25) is 0 Å². The van der Waals surface area contributed by atoms with Gasteiger partial charge in [0.1, 0.15) is 5.82 Å². The van der Waals surface area contributed by atoms with Crippen LogP contribution in [-0.4, -0.2) is 57.0 Å². The summed E-state index contributed by atoms with van der Waals surface area (Å²) in [6, 6.07) is 19.0. The molecule has 4 aromatic rings. The average molecular weight is 534 g/mol. The molecule has 0 saturated carbocycles. The van der Waals surface area contributed by atoms with E-state index in [-0.39, 0.29) is 5.91 Å². The van der Waals surface area contributed by atoms with Gasteiger partial charge in [0.2, 0.25) is 5.75 Å². The molecule has 0 spiro atoms. The first-order chi connectivity index (χ1) is 19.1. The number of aromatic nitrogens is 2. The van der Waals surface area contributed by atoms with Crippen molar-refractivity contribution in [2.45, 2.75) is 25.8 Å². The lowest BCUT2D eigenvalue weighted by Crippen LogP contribution is -2.25. The van der Waals surface area contributed by atoms with E-state index in [1.165, 1.54) is 21.3 Å². The smallest absolute Gasteiger partial charge is 0.251 e. The predicted octanol–water partition coefficient (Wildman–Crippen LogP) is 4.90. The molecule has 1 amide bonds. The number of aryl methyl sites for hydroxylation is 2. The number of imidazole rings is 1. The van der Waals surface area contributed by atoms with Crippen LogP contribution in [0.3, 0.4) is 0 Å². The van der Waals surface area contributed by atoms with Gasteiger partial charge < -0.3 is 33.6 Å². The topological polar surface area (TPSA) is 93.1 Å². The maximum Gasteiger partial charge on any atom is 0.251 e. The molecule has 4 rings (SSSR count). The average Bonchev–Trinajstić information content (AvgIpc) is 3.33. The minimum Gasteiger partial charge on any atom is -0.493 e. The van der Waals surface area contributed by atoms with Gasteiger partial charge in [0, 0.05) is 25.1 Å². The van der Waals surface area contributed by atoms with Gasteiger partial charge in [0.25, 0.3) is 5.91 Å². The summed E-state index contributed by atoms with van der Waals surface area (Å²) in [6.07, 6.45) is 2.26. The minimum absolute atomic E-state index is 0.212. The molecule has 0 bridgehead atoms. The molecule has 39 heavy (non-hydrogen) atoms. The van der Waals surface area contributed by atoms with Crippen LogP contribution in [0.15, 0.2) is 60.7 Å². The van der Waals surface area contributed by atoms with E-state index in [0.29, 0.717) is 36.0 Å². The van der Waals surface area contributed by atoms with Crippen molar-refractivity contribution in [3.63, 3.8) is 0 Å². The van der Waals surface area contributed by atoms with Crippen molar-refractivity contribution in [1.82, 2.24) is 14.9 Å². The molecule has 0 aliphatic carbocycles. The van der Waals surface area contributed by atoms with Gasteiger partial charge in [-0.15, -0.1) is 0 Å². The van der Waals surface area contributed by atoms with E-state index in [0.717, 1.165) is 54.2 Å². The van der Waals surface area contributed by atoms with Gasteiger partial charge in [0.05, 0.1) is 46.1 Å². The number of carbonyl (C=O) groups excluding carboxylic acids is 1. The highest BCUT2D eigenvalue weighted by Crippen LogP contribution is 2.38. The van der Waals surface area contributed by atoms with Crippen LogP contribution in [0.25, 0.3) is 11.0 Å². The van der Waals surface area contributed by atoms with Gasteiger partial charge in [0.15, 0.2) is 23.0 Å². The third-order valence-corrected chi connectivity index (χ3v) is 6.38. The molecule has 206 valence electrons. The predicted molar refractivity (Wildman–Crippen MR) is 150 cm³/mol. The molecule has 9 nitrogen and oxygen atoms in total. The van der Waals surface area contributed by atoms with E-state index in [1.807, 2.05) is 42.5 Å². The summed E-state index contributed by atoms with van der Waals surface area (Å²) < 4.78 is 29.6. The number of para-hydroxylation sites is 4. The lowest BCUT2D eigenvalue weighted by molar-refractivity contribution is 0.0952. The van der Waals surface area contributed by atoms with Crippen LogP contribution in [-0.2, 0) is 13.0 Å². The molecular weight excluding hydrogens is 498 g/mol. The summed E-state index contributed by atoms with van der Waals surface area (Å²) in [7, 11) is 6.21. The number of hydrogen-bond donors (Lipinski definition) is 1. The maximum atomic E-state index is 12.8. The Bertz CT molecular complexity index is 1380. The van der Waals surface area contributed by atoms with Crippen LogP contribution < -0.4 is 29.0 Å². The molecule has 3 aromatic carbocycles. The molecule has 0 aliphatic rings. The van der Waals surface area contributed by atoms with Gasteiger partial charge in [-0.3, -0.25) is 4.79 Å². The Labute approximate surface area is 228 Å². The van der Waals surface area contributed by atoms with Crippen molar-refractivity contribution < 1.29 is 28.5 Å². The van der Waals surface area contributed by atoms with Crippen LogP contribution in [0.4, 0.5) is 0 Å². The zero-order valence-corrected chi connectivity index (χ0v) is 22.9. The fourth-order valence-corrected chi connectivity index (χ4v) is 4.47. The highest BCUT2D eigenvalue weighted by atomic mass is 16.5. The van der Waals surface area contributed by atoms with Crippen molar-refractivity contribution in [2.24, 2.45) is 0 Å².